The lowest BCUT2D eigenvalue weighted by atomic mass is 10.2. The Morgan fingerprint density at radius 2 is 2.08 bits per heavy atom. The van der Waals surface area contributed by atoms with E-state index in [1.54, 1.807) is 6.92 Å². The minimum atomic E-state index is -0.466. The van der Waals surface area contributed by atoms with E-state index < -0.39 is 4.92 Å². The first-order valence-electron chi connectivity index (χ1n) is 8.00. The van der Waals surface area contributed by atoms with Crippen molar-refractivity contribution in [3.8, 4) is 0 Å². The second-order valence-corrected chi connectivity index (χ2v) is 7.66. The maximum absolute atomic E-state index is 12.4. The third-order valence-electron chi connectivity index (χ3n) is 3.90. The third kappa shape index (κ3) is 3.56. The first kappa shape index (κ1) is 17.2. The van der Waals surface area contributed by atoms with Gasteiger partial charge in [0, 0.05) is 35.4 Å². The van der Waals surface area contributed by atoms with Crippen LogP contribution in [-0.4, -0.2) is 15.4 Å². The molecule has 0 spiro atoms. The Bertz CT molecular complexity index is 956. The van der Waals surface area contributed by atoms with Gasteiger partial charge in [0.2, 0.25) is 0 Å². The summed E-state index contributed by atoms with van der Waals surface area (Å²) in [6.45, 7) is 6.92. The van der Waals surface area contributed by atoms with E-state index in [-0.39, 0.29) is 11.6 Å². The van der Waals surface area contributed by atoms with Crippen LogP contribution in [0.25, 0.3) is 10.9 Å². The van der Waals surface area contributed by atoms with Crippen molar-refractivity contribution in [2.24, 2.45) is 5.92 Å². The number of benzene rings is 1. The van der Waals surface area contributed by atoms with Gasteiger partial charge in [0.1, 0.15) is 0 Å². The van der Waals surface area contributed by atoms with Crippen molar-refractivity contribution in [2.75, 3.05) is 5.32 Å². The molecule has 2 aromatic heterocycles. The minimum Gasteiger partial charge on any atom is -0.347 e. The Morgan fingerprint density at radius 3 is 2.72 bits per heavy atom. The summed E-state index contributed by atoms with van der Waals surface area (Å²) in [5.74, 6) is 0.218. The van der Waals surface area contributed by atoms with Crippen molar-refractivity contribution in [3.05, 3.63) is 56.4 Å². The fourth-order valence-electron chi connectivity index (χ4n) is 2.79. The number of nitrogens with zero attached hydrogens (tertiary/aromatic N) is 2. The zero-order valence-electron chi connectivity index (χ0n) is 14.3. The number of amides is 1. The topological polar surface area (TPSA) is 77.2 Å². The molecule has 0 saturated heterocycles. The first-order chi connectivity index (χ1) is 11.8. The van der Waals surface area contributed by atoms with Gasteiger partial charge in [0.05, 0.1) is 14.7 Å². The van der Waals surface area contributed by atoms with Gasteiger partial charge < -0.3 is 9.88 Å². The summed E-state index contributed by atoms with van der Waals surface area (Å²) in [7, 11) is 0. The molecule has 6 nitrogen and oxygen atoms in total. The number of aromatic nitrogens is 1. The van der Waals surface area contributed by atoms with Crippen LogP contribution in [0, 0.1) is 23.0 Å². The van der Waals surface area contributed by atoms with Crippen LogP contribution < -0.4 is 5.32 Å². The normalized spacial score (nSPS) is 11.2. The molecule has 0 fully saturated rings. The number of aryl methyl sites for hydroxylation is 1. The predicted molar refractivity (Wildman–Crippen MR) is 100 cm³/mol. The molecule has 1 N–H and O–H groups in total. The smallest absolute Gasteiger partial charge is 0.283 e. The molecule has 0 aliphatic rings. The summed E-state index contributed by atoms with van der Waals surface area (Å²) in [6, 6.07) is 9.10. The number of hydrogen-bond donors (Lipinski definition) is 1. The van der Waals surface area contributed by atoms with E-state index >= 15 is 0 Å². The van der Waals surface area contributed by atoms with Crippen molar-refractivity contribution >= 4 is 39.5 Å². The van der Waals surface area contributed by atoms with E-state index in [9.17, 15) is 14.9 Å². The molecule has 0 saturated carbocycles. The Balaban J connectivity index is 1.82. The molecule has 0 radical (unpaired) electrons. The van der Waals surface area contributed by atoms with Crippen LogP contribution in [0.2, 0.25) is 0 Å². The number of thiophene rings is 1. The van der Waals surface area contributed by atoms with Crippen molar-refractivity contribution < 1.29 is 9.72 Å². The number of carbonyl (C=O) groups excluding carboxylic acids is 1. The SMILES string of the molecule is Cc1sc(C(=O)Nc2ccc3c(ccn3CC(C)C)c2)cc1[N+](=O)[O-]. The summed E-state index contributed by atoms with van der Waals surface area (Å²) in [5.41, 5.74) is 1.78. The molecule has 0 atom stereocenters. The molecule has 130 valence electrons. The molecule has 0 aliphatic heterocycles. The van der Waals surface area contributed by atoms with Crippen molar-refractivity contribution in [1.29, 1.82) is 0 Å². The Hall–Kier alpha value is -2.67. The average molecular weight is 357 g/mol. The molecule has 0 unspecified atom stereocenters. The first-order valence-corrected chi connectivity index (χ1v) is 8.82. The Kier molecular flexibility index (Phi) is 4.59. The lowest BCUT2D eigenvalue weighted by molar-refractivity contribution is -0.385. The number of fused-ring (bicyclic) bond motifs is 1. The summed E-state index contributed by atoms with van der Waals surface area (Å²) in [5, 5.41) is 14.8. The second kappa shape index (κ2) is 6.68. The molecule has 1 aromatic carbocycles. The van der Waals surface area contributed by atoms with E-state index in [0.29, 0.717) is 21.4 Å². The number of carbonyl (C=O) groups is 1. The van der Waals surface area contributed by atoms with Crippen molar-refractivity contribution in [1.82, 2.24) is 4.57 Å². The maximum atomic E-state index is 12.4. The fourth-order valence-corrected chi connectivity index (χ4v) is 3.67. The van der Waals surface area contributed by atoms with Gasteiger partial charge in [-0.15, -0.1) is 11.3 Å². The molecule has 0 bridgehead atoms. The highest BCUT2D eigenvalue weighted by atomic mass is 32.1. The summed E-state index contributed by atoms with van der Waals surface area (Å²) < 4.78 is 2.19. The van der Waals surface area contributed by atoms with Crippen LogP contribution in [-0.2, 0) is 6.54 Å². The summed E-state index contributed by atoms with van der Waals surface area (Å²) in [4.78, 5) is 23.7. The maximum Gasteiger partial charge on any atom is 0.283 e. The van der Waals surface area contributed by atoms with Gasteiger partial charge >= 0.3 is 0 Å². The molecule has 2 heterocycles. The van der Waals surface area contributed by atoms with E-state index in [0.717, 1.165) is 28.8 Å². The van der Waals surface area contributed by atoms with Crippen LogP contribution in [0.1, 0.15) is 28.4 Å². The standard InChI is InChI=1S/C18H19N3O3S/c1-11(2)10-20-7-6-13-8-14(4-5-15(13)20)19-18(22)17-9-16(21(23)24)12(3)25-17/h4-9,11H,10H2,1-3H3,(H,19,22). The number of nitrogens with one attached hydrogen (secondary N) is 1. The van der Waals surface area contributed by atoms with Gasteiger partial charge in [-0.1, -0.05) is 13.8 Å². The molecule has 1 amide bonds. The fraction of sp³-hybridized carbons (Fsp3) is 0.278. The number of nitro groups is 1. The molecule has 3 aromatic rings. The van der Waals surface area contributed by atoms with E-state index in [1.807, 2.05) is 30.5 Å². The van der Waals surface area contributed by atoms with Gasteiger partial charge in [-0.3, -0.25) is 14.9 Å². The van der Waals surface area contributed by atoms with Gasteiger partial charge in [-0.25, -0.2) is 0 Å². The van der Waals surface area contributed by atoms with Crippen LogP contribution in [0.15, 0.2) is 36.5 Å². The quantitative estimate of drug-likeness (QED) is 0.525. The predicted octanol–water partition coefficient (Wildman–Crippen LogP) is 4.83. The monoisotopic (exact) mass is 357 g/mol. The summed E-state index contributed by atoms with van der Waals surface area (Å²) in [6.07, 6.45) is 2.04. The van der Waals surface area contributed by atoms with Crippen LogP contribution in [0.5, 0.6) is 0 Å². The van der Waals surface area contributed by atoms with Gasteiger partial charge in [0.15, 0.2) is 0 Å². The Morgan fingerprint density at radius 1 is 1.32 bits per heavy atom. The lowest BCUT2D eigenvalue weighted by Gasteiger charge is -2.09. The Labute approximate surface area is 149 Å². The van der Waals surface area contributed by atoms with Gasteiger partial charge in [-0.05, 0) is 37.1 Å². The molecule has 3 rings (SSSR count). The number of anilines is 1. The average Bonchev–Trinajstić information content (AvgIpc) is 3.10. The largest absolute Gasteiger partial charge is 0.347 e. The van der Waals surface area contributed by atoms with Gasteiger partial charge in [-0.2, -0.15) is 0 Å². The van der Waals surface area contributed by atoms with E-state index in [4.69, 9.17) is 0 Å². The molecule has 25 heavy (non-hydrogen) atoms. The number of hydrogen-bond acceptors (Lipinski definition) is 4. The van der Waals surface area contributed by atoms with Gasteiger partial charge in [0.25, 0.3) is 11.6 Å². The molecule has 0 aliphatic carbocycles. The molecule has 7 heteroatoms. The van der Waals surface area contributed by atoms with E-state index in [2.05, 4.69) is 23.7 Å². The van der Waals surface area contributed by atoms with Crippen LogP contribution in [0.3, 0.4) is 0 Å². The van der Waals surface area contributed by atoms with Crippen molar-refractivity contribution in [2.45, 2.75) is 27.3 Å². The highest BCUT2D eigenvalue weighted by Crippen LogP contribution is 2.29. The zero-order valence-corrected chi connectivity index (χ0v) is 15.1. The highest BCUT2D eigenvalue weighted by Gasteiger charge is 2.19. The van der Waals surface area contributed by atoms with E-state index in [1.165, 1.54) is 6.07 Å². The molecular formula is C18H19N3O3S. The zero-order chi connectivity index (χ0) is 18.1. The lowest BCUT2D eigenvalue weighted by Crippen LogP contribution is -2.10. The van der Waals surface area contributed by atoms with Crippen LogP contribution >= 0.6 is 11.3 Å². The third-order valence-corrected chi connectivity index (χ3v) is 4.94. The second-order valence-electron chi connectivity index (χ2n) is 6.40. The summed E-state index contributed by atoms with van der Waals surface area (Å²) >= 11 is 1.13. The van der Waals surface area contributed by atoms with Crippen molar-refractivity contribution in [3.63, 3.8) is 0 Å². The minimum absolute atomic E-state index is 0.0173. The molecular weight excluding hydrogens is 338 g/mol. The number of rotatable bonds is 5. The van der Waals surface area contributed by atoms with Crippen LogP contribution in [0.4, 0.5) is 11.4 Å². The highest BCUT2D eigenvalue weighted by molar-refractivity contribution is 7.14.